The van der Waals surface area contributed by atoms with Crippen molar-refractivity contribution in [2.75, 3.05) is 6.79 Å². The maximum atomic E-state index is 13.2. The van der Waals surface area contributed by atoms with Crippen LogP contribution in [0.2, 0.25) is 0 Å². The Balaban J connectivity index is 2.73. The van der Waals surface area contributed by atoms with Crippen molar-refractivity contribution in [1.29, 1.82) is 0 Å². The van der Waals surface area contributed by atoms with Crippen molar-refractivity contribution in [3.63, 3.8) is 0 Å². The summed E-state index contributed by atoms with van der Waals surface area (Å²) < 4.78 is 72.3. The highest BCUT2D eigenvalue weighted by molar-refractivity contribution is 5.48. The molecular formula is C8H3F5O2. The van der Waals surface area contributed by atoms with Gasteiger partial charge in [-0.3, -0.25) is 0 Å². The molecule has 0 atom stereocenters. The molecule has 0 aromatic heterocycles. The number of halogens is 5. The van der Waals surface area contributed by atoms with Gasteiger partial charge < -0.3 is 9.47 Å². The summed E-state index contributed by atoms with van der Waals surface area (Å²) in [6, 6.07) is 0. The molecule has 0 bridgehead atoms. The third-order valence-corrected chi connectivity index (χ3v) is 1.90. The Bertz CT molecular complexity index is 418. The minimum Gasteiger partial charge on any atom is -0.450 e. The Morgan fingerprint density at radius 2 is 1.40 bits per heavy atom. The predicted octanol–water partition coefficient (Wildman–Crippen LogP) is 2.77. The van der Waals surface area contributed by atoms with E-state index in [-0.39, 0.29) is 0 Å². The van der Waals surface area contributed by atoms with Gasteiger partial charge in [0, 0.05) is 0 Å². The first kappa shape index (κ1) is 10.0. The highest BCUT2D eigenvalue weighted by Crippen LogP contribution is 2.43. The van der Waals surface area contributed by atoms with Crippen molar-refractivity contribution in [2.24, 2.45) is 0 Å². The average Bonchev–Trinajstić information content (AvgIpc) is 2.62. The molecule has 0 spiro atoms. The summed E-state index contributed by atoms with van der Waals surface area (Å²) in [6.07, 6.45) is -3.46. The van der Waals surface area contributed by atoms with Gasteiger partial charge >= 0.3 is 0 Å². The summed E-state index contributed by atoms with van der Waals surface area (Å²) in [5, 5.41) is 0. The Labute approximate surface area is 80.2 Å². The standard InChI is InChI=1S/C8H3F5O2/c9-3-2(8(12)13)4(10)6-7(5(3)11)15-1-14-6/h8H,1H2. The molecule has 1 aromatic carbocycles. The summed E-state index contributed by atoms with van der Waals surface area (Å²) in [4.78, 5) is 0. The molecule has 2 nitrogen and oxygen atoms in total. The van der Waals surface area contributed by atoms with E-state index in [4.69, 9.17) is 0 Å². The second kappa shape index (κ2) is 3.25. The van der Waals surface area contributed by atoms with Crippen molar-refractivity contribution in [3.05, 3.63) is 23.0 Å². The fraction of sp³-hybridized carbons (Fsp3) is 0.250. The zero-order valence-electron chi connectivity index (χ0n) is 6.99. The molecule has 7 heteroatoms. The molecule has 1 heterocycles. The molecule has 0 radical (unpaired) electrons. The van der Waals surface area contributed by atoms with Gasteiger partial charge in [0.25, 0.3) is 6.43 Å². The van der Waals surface area contributed by atoms with Crippen molar-refractivity contribution < 1.29 is 31.4 Å². The minimum absolute atomic E-state index is 0.532. The van der Waals surface area contributed by atoms with Crippen LogP contribution in [0.4, 0.5) is 22.0 Å². The van der Waals surface area contributed by atoms with Crippen LogP contribution < -0.4 is 9.47 Å². The third kappa shape index (κ3) is 1.30. The molecule has 15 heavy (non-hydrogen) atoms. The molecule has 0 fully saturated rings. The predicted molar refractivity (Wildman–Crippen MR) is 37.4 cm³/mol. The Hall–Kier alpha value is -1.53. The normalized spacial score (nSPS) is 13.7. The van der Waals surface area contributed by atoms with Gasteiger partial charge in [-0.1, -0.05) is 0 Å². The van der Waals surface area contributed by atoms with Crippen LogP contribution in [0.15, 0.2) is 0 Å². The van der Waals surface area contributed by atoms with Gasteiger partial charge in [-0.15, -0.1) is 0 Å². The van der Waals surface area contributed by atoms with Crippen LogP contribution >= 0.6 is 0 Å². The molecule has 0 aliphatic carbocycles. The van der Waals surface area contributed by atoms with Crippen LogP contribution in [-0.2, 0) is 0 Å². The van der Waals surface area contributed by atoms with Gasteiger partial charge in [0.1, 0.15) is 0 Å². The zero-order chi connectivity index (χ0) is 11.2. The lowest BCUT2D eigenvalue weighted by Gasteiger charge is -2.07. The molecule has 0 saturated carbocycles. The molecule has 82 valence electrons. The molecular weight excluding hydrogens is 223 g/mol. The van der Waals surface area contributed by atoms with Crippen molar-refractivity contribution in [1.82, 2.24) is 0 Å². The molecule has 0 saturated heterocycles. The summed E-state index contributed by atoms with van der Waals surface area (Å²) >= 11 is 0. The van der Waals surface area contributed by atoms with Gasteiger partial charge in [-0.05, 0) is 0 Å². The van der Waals surface area contributed by atoms with Crippen LogP contribution in [0.5, 0.6) is 11.5 Å². The maximum absolute atomic E-state index is 13.2. The summed E-state index contributed by atoms with van der Waals surface area (Å²) in [5.41, 5.74) is -1.64. The van der Waals surface area contributed by atoms with E-state index in [0.717, 1.165) is 0 Å². The first-order valence-corrected chi connectivity index (χ1v) is 3.78. The van der Waals surface area contributed by atoms with Gasteiger partial charge in [-0.2, -0.15) is 4.39 Å². The Morgan fingerprint density at radius 1 is 0.867 bits per heavy atom. The van der Waals surface area contributed by atoms with Gasteiger partial charge in [0.15, 0.2) is 11.6 Å². The molecule has 2 rings (SSSR count). The van der Waals surface area contributed by atoms with Crippen molar-refractivity contribution in [2.45, 2.75) is 6.43 Å². The van der Waals surface area contributed by atoms with Crippen LogP contribution in [-0.4, -0.2) is 6.79 Å². The molecule has 0 unspecified atom stereocenters. The molecule has 0 N–H and O–H groups in total. The number of alkyl halides is 2. The van der Waals surface area contributed by atoms with E-state index < -0.39 is 47.7 Å². The smallest absolute Gasteiger partial charge is 0.269 e. The van der Waals surface area contributed by atoms with Gasteiger partial charge in [0.2, 0.25) is 24.1 Å². The van der Waals surface area contributed by atoms with Crippen molar-refractivity contribution >= 4 is 0 Å². The Morgan fingerprint density at radius 3 is 1.93 bits per heavy atom. The van der Waals surface area contributed by atoms with Crippen LogP contribution in [0.25, 0.3) is 0 Å². The number of benzene rings is 1. The number of hydrogen-bond acceptors (Lipinski definition) is 2. The first-order chi connectivity index (χ1) is 7.04. The SMILES string of the molecule is Fc1c(F)c(C(F)F)c(F)c2c1OCO2. The lowest BCUT2D eigenvalue weighted by atomic mass is 10.1. The monoisotopic (exact) mass is 226 g/mol. The Kier molecular flexibility index (Phi) is 2.17. The highest BCUT2D eigenvalue weighted by atomic mass is 19.3. The maximum Gasteiger partial charge on any atom is 0.269 e. The fourth-order valence-corrected chi connectivity index (χ4v) is 1.23. The van der Waals surface area contributed by atoms with E-state index in [9.17, 15) is 22.0 Å². The summed E-state index contributed by atoms with van der Waals surface area (Å²) in [6.45, 7) is -0.532. The van der Waals surface area contributed by atoms with Crippen LogP contribution in [0, 0.1) is 17.5 Å². The van der Waals surface area contributed by atoms with E-state index in [2.05, 4.69) is 9.47 Å². The summed E-state index contributed by atoms with van der Waals surface area (Å²) in [7, 11) is 0. The number of fused-ring (bicyclic) bond motifs is 1. The topological polar surface area (TPSA) is 18.5 Å². The minimum atomic E-state index is -3.46. The van der Waals surface area contributed by atoms with Gasteiger partial charge in [-0.25, -0.2) is 17.6 Å². The quantitative estimate of drug-likeness (QED) is 0.541. The summed E-state index contributed by atoms with van der Waals surface area (Å²) in [5.74, 6) is -6.87. The third-order valence-electron chi connectivity index (χ3n) is 1.90. The zero-order valence-corrected chi connectivity index (χ0v) is 6.99. The van der Waals surface area contributed by atoms with Crippen LogP contribution in [0.3, 0.4) is 0 Å². The second-order valence-electron chi connectivity index (χ2n) is 2.72. The molecule has 0 amide bonds. The van der Waals surface area contributed by atoms with Gasteiger partial charge in [0.05, 0.1) is 5.56 Å². The van der Waals surface area contributed by atoms with E-state index in [1.54, 1.807) is 0 Å². The van der Waals surface area contributed by atoms with E-state index in [0.29, 0.717) is 0 Å². The van der Waals surface area contributed by atoms with Crippen molar-refractivity contribution in [3.8, 4) is 11.5 Å². The average molecular weight is 226 g/mol. The second-order valence-corrected chi connectivity index (χ2v) is 2.72. The molecule has 1 aliphatic rings. The highest BCUT2D eigenvalue weighted by Gasteiger charge is 2.34. The lowest BCUT2D eigenvalue weighted by Crippen LogP contribution is -2.01. The number of rotatable bonds is 1. The molecule has 1 aliphatic heterocycles. The lowest BCUT2D eigenvalue weighted by molar-refractivity contribution is 0.138. The fourth-order valence-electron chi connectivity index (χ4n) is 1.23. The van der Waals surface area contributed by atoms with E-state index in [1.165, 1.54) is 0 Å². The first-order valence-electron chi connectivity index (χ1n) is 3.78. The van der Waals surface area contributed by atoms with E-state index >= 15 is 0 Å². The van der Waals surface area contributed by atoms with Crippen LogP contribution in [0.1, 0.15) is 12.0 Å². The number of hydrogen-bond donors (Lipinski definition) is 0. The number of ether oxygens (including phenoxy) is 2. The largest absolute Gasteiger partial charge is 0.450 e. The van der Waals surface area contributed by atoms with E-state index in [1.807, 2.05) is 0 Å². The molecule has 1 aromatic rings.